The van der Waals surface area contributed by atoms with Crippen LogP contribution in [0, 0.1) is 5.82 Å². The Morgan fingerprint density at radius 3 is 2.39 bits per heavy atom. The minimum absolute atomic E-state index is 0.0641. The SMILES string of the molecule is CCS(=O)(=O)CC(=O)NC(C)c1ccc(F)cc1. The molecule has 1 unspecified atom stereocenters. The van der Waals surface area contributed by atoms with Crippen LogP contribution in [0.2, 0.25) is 0 Å². The molecule has 0 fully saturated rings. The van der Waals surface area contributed by atoms with E-state index in [2.05, 4.69) is 5.32 Å². The van der Waals surface area contributed by atoms with E-state index in [0.717, 1.165) is 5.56 Å². The summed E-state index contributed by atoms with van der Waals surface area (Å²) in [6, 6.07) is 5.33. The van der Waals surface area contributed by atoms with Crippen molar-refractivity contribution in [2.45, 2.75) is 19.9 Å². The molecule has 100 valence electrons. The van der Waals surface area contributed by atoms with E-state index < -0.39 is 21.5 Å². The number of carbonyl (C=O) groups excluding carboxylic acids is 1. The molecule has 1 aromatic carbocycles. The van der Waals surface area contributed by atoms with Crippen LogP contribution in [0.4, 0.5) is 4.39 Å². The molecule has 0 aliphatic heterocycles. The number of carbonyl (C=O) groups is 1. The van der Waals surface area contributed by atoms with Crippen LogP contribution in [0.1, 0.15) is 25.5 Å². The second-order valence-electron chi connectivity index (χ2n) is 4.02. The Kier molecular flexibility index (Phi) is 4.84. The summed E-state index contributed by atoms with van der Waals surface area (Å²) >= 11 is 0. The van der Waals surface area contributed by atoms with Crippen LogP contribution < -0.4 is 5.32 Å². The fraction of sp³-hybridized carbons (Fsp3) is 0.417. The van der Waals surface area contributed by atoms with Crippen LogP contribution in [0.25, 0.3) is 0 Å². The third-order valence-corrected chi connectivity index (χ3v) is 4.12. The maximum Gasteiger partial charge on any atom is 0.235 e. The van der Waals surface area contributed by atoms with Gasteiger partial charge >= 0.3 is 0 Å². The molecule has 0 radical (unpaired) electrons. The Bertz CT molecular complexity index is 511. The molecule has 18 heavy (non-hydrogen) atoms. The maximum atomic E-state index is 12.7. The van der Waals surface area contributed by atoms with Crippen molar-refractivity contribution in [2.75, 3.05) is 11.5 Å². The number of amides is 1. The van der Waals surface area contributed by atoms with Crippen LogP contribution in [-0.4, -0.2) is 25.8 Å². The van der Waals surface area contributed by atoms with Gasteiger partial charge in [-0.1, -0.05) is 19.1 Å². The normalized spacial score (nSPS) is 13.1. The third-order valence-electron chi connectivity index (χ3n) is 2.54. The summed E-state index contributed by atoms with van der Waals surface area (Å²) in [6.45, 7) is 3.20. The van der Waals surface area contributed by atoms with Crippen LogP contribution in [0.5, 0.6) is 0 Å². The Labute approximate surface area is 106 Å². The first kappa shape index (κ1) is 14.6. The summed E-state index contributed by atoms with van der Waals surface area (Å²) in [5.74, 6) is -1.49. The lowest BCUT2D eigenvalue weighted by molar-refractivity contribution is -0.119. The lowest BCUT2D eigenvalue weighted by atomic mass is 10.1. The predicted molar refractivity (Wildman–Crippen MR) is 67.3 cm³/mol. The minimum Gasteiger partial charge on any atom is -0.349 e. The number of nitrogens with one attached hydrogen (secondary N) is 1. The second kappa shape index (κ2) is 5.95. The maximum absolute atomic E-state index is 12.7. The molecule has 1 atom stereocenters. The molecule has 6 heteroatoms. The summed E-state index contributed by atoms with van der Waals surface area (Å²) in [5, 5.41) is 2.57. The zero-order valence-corrected chi connectivity index (χ0v) is 11.1. The summed E-state index contributed by atoms with van der Waals surface area (Å²) in [5.41, 5.74) is 0.721. The Morgan fingerprint density at radius 2 is 1.89 bits per heavy atom. The zero-order valence-electron chi connectivity index (χ0n) is 10.3. The quantitative estimate of drug-likeness (QED) is 0.883. The zero-order chi connectivity index (χ0) is 13.8. The number of benzene rings is 1. The van der Waals surface area contributed by atoms with Crippen molar-refractivity contribution in [3.05, 3.63) is 35.6 Å². The molecule has 0 aromatic heterocycles. The highest BCUT2D eigenvalue weighted by Gasteiger charge is 2.16. The Morgan fingerprint density at radius 1 is 1.33 bits per heavy atom. The number of rotatable bonds is 5. The summed E-state index contributed by atoms with van der Waals surface area (Å²) in [7, 11) is -3.33. The first-order valence-corrected chi connectivity index (χ1v) is 7.41. The van der Waals surface area contributed by atoms with Crippen LogP contribution in [0.3, 0.4) is 0 Å². The first-order valence-electron chi connectivity index (χ1n) is 5.59. The van der Waals surface area contributed by atoms with Gasteiger partial charge in [0.15, 0.2) is 9.84 Å². The standard InChI is InChI=1S/C12H16FNO3S/c1-3-18(16,17)8-12(15)14-9(2)10-4-6-11(13)7-5-10/h4-7,9H,3,8H2,1-2H3,(H,14,15). The Balaban J connectivity index is 2.62. The molecule has 0 aliphatic rings. The van der Waals surface area contributed by atoms with Gasteiger partial charge in [-0.2, -0.15) is 0 Å². The summed E-state index contributed by atoms with van der Waals surface area (Å²) < 4.78 is 35.2. The molecular formula is C12H16FNO3S. The highest BCUT2D eigenvalue weighted by atomic mass is 32.2. The van der Waals surface area contributed by atoms with E-state index >= 15 is 0 Å². The van der Waals surface area contributed by atoms with Crippen molar-refractivity contribution in [1.29, 1.82) is 0 Å². The van der Waals surface area contributed by atoms with Gasteiger partial charge < -0.3 is 5.32 Å². The number of sulfone groups is 1. The fourth-order valence-electron chi connectivity index (χ4n) is 1.42. The van der Waals surface area contributed by atoms with Gasteiger partial charge in [0.05, 0.1) is 6.04 Å². The second-order valence-corrected chi connectivity index (χ2v) is 6.37. The van der Waals surface area contributed by atoms with Gasteiger partial charge in [-0.05, 0) is 24.6 Å². The number of hydrogen-bond donors (Lipinski definition) is 1. The molecule has 0 saturated heterocycles. The van der Waals surface area contributed by atoms with Crippen LogP contribution in [-0.2, 0) is 14.6 Å². The average molecular weight is 273 g/mol. The first-order chi connectivity index (χ1) is 8.34. The van der Waals surface area contributed by atoms with Crippen molar-refractivity contribution >= 4 is 15.7 Å². The van der Waals surface area contributed by atoms with E-state index in [1.807, 2.05) is 0 Å². The smallest absolute Gasteiger partial charge is 0.235 e. The molecule has 0 heterocycles. The lowest BCUT2D eigenvalue weighted by Crippen LogP contribution is -2.32. The van der Waals surface area contributed by atoms with Gasteiger partial charge in [0.2, 0.25) is 5.91 Å². The lowest BCUT2D eigenvalue weighted by Gasteiger charge is -2.14. The van der Waals surface area contributed by atoms with E-state index in [0.29, 0.717) is 0 Å². The van der Waals surface area contributed by atoms with E-state index in [9.17, 15) is 17.6 Å². The molecule has 4 nitrogen and oxygen atoms in total. The van der Waals surface area contributed by atoms with Gasteiger partial charge in [-0.15, -0.1) is 0 Å². The molecule has 1 rings (SSSR count). The van der Waals surface area contributed by atoms with E-state index in [1.54, 1.807) is 19.1 Å². The highest BCUT2D eigenvalue weighted by molar-refractivity contribution is 7.92. The third kappa shape index (κ3) is 4.44. The van der Waals surface area contributed by atoms with Gasteiger partial charge in [-0.25, -0.2) is 12.8 Å². The van der Waals surface area contributed by atoms with Crippen molar-refractivity contribution in [3.8, 4) is 0 Å². The molecule has 1 N–H and O–H groups in total. The summed E-state index contributed by atoms with van der Waals surface area (Å²) in [6.07, 6.45) is 0. The van der Waals surface area contributed by atoms with Crippen molar-refractivity contribution in [1.82, 2.24) is 5.32 Å². The average Bonchev–Trinajstić information content (AvgIpc) is 2.29. The van der Waals surface area contributed by atoms with Crippen molar-refractivity contribution in [3.63, 3.8) is 0 Å². The molecule has 0 spiro atoms. The molecule has 0 bridgehead atoms. The fourth-order valence-corrected chi connectivity index (χ4v) is 2.11. The largest absolute Gasteiger partial charge is 0.349 e. The number of hydrogen-bond acceptors (Lipinski definition) is 3. The summed E-state index contributed by atoms with van der Waals surface area (Å²) in [4.78, 5) is 11.5. The van der Waals surface area contributed by atoms with Crippen LogP contribution in [0.15, 0.2) is 24.3 Å². The van der Waals surface area contributed by atoms with Crippen molar-refractivity contribution in [2.24, 2.45) is 0 Å². The highest BCUT2D eigenvalue weighted by Crippen LogP contribution is 2.12. The van der Waals surface area contributed by atoms with Crippen molar-refractivity contribution < 1.29 is 17.6 Å². The van der Waals surface area contributed by atoms with E-state index in [1.165, 1.54) is 19.1 Å². The van der Waals surface area contributed by atoms with Crippen LogP contribution >= 0.6 is 0 Å². The van der Waals surface area contributed by atoms with Gasteiger partial charge in [0.1, 0.15) is 11.6 Å². The molecule has 1 amide bonds. The predicted octanol–water partition coefficient (Wildman–Crippen LogP) is 1.44. The van der Waals surface area contributed by atoms with Gasteiger partial charge in [0, 0.05) is 5.75 Å². The molecule has 0 aliphatic carbocycles. The molecule has 0 saturated carbocycles. The topological polar surface area (TPSA) is 63.2 Å². The van der Waals surface area contributed by atoms with E-state index in [-0.39, 0.29) is 17.6 Å². The van der Waals surface area contributed by atoms with E-state index in [4.69, 9.17) is 0 Å². The van der Waals surface area contributed by atoms with Gasteiger partial charge in [0.25, 0.3) is 0 Å². The Hall–Kier alpha value is -1.43. The minimum atomic E-state index is -3.33. The molecular weight excluding hydrogens is 257 g/mol. The monoisotopic (exact) mass is 273 g/mol. The molecule has 1 aromatic rings. The van der Waals surface area contributed by atoms with Gasteiger partial charge in [-0.3, -0.25) is 4.79 Å². The number of halogens is 1.